The predicted molar refractivity (Wildman–Crippen MR) is 442 cm³/mol. The Kier molecular flexibility index (Phi) is 48.2. The highest BCUT2D eigenvalue weighted by Gasteiger charge is 2.33. The molecule has 1 aromatic rings. The quantitative estimate of drug-likeness (QED) is 0.168. The SMILES string of the molecule is CC(=O)C1CCC(C)CC1.CC1CCC(C(=O)CN(C)C(=O)OC(C)(C)C)CC1.CC1CCC(C(=O)N(C)C(C)C)CC1.CC1CCC(C(=O)N(C)C)CC1.CC1CCC(C(=O)N(C)C)CC1.CC1CCC(C(=O)Nc2nccs2)CC1.CCN(C)C(=O)C1CCC(C)CC1.CNCC(=O)C1CCC(C)CC1. The number of aromatic nitrogens is 1. The second-order valence-corrected chi connectivity index (χ2v) is 37.1. The van der Waals surface area contributed by atoms with E-state index in [0.29, 0.717) is 83.3 Å². The van der Waals surface area contributed by atoms with Crippen molar-refractivity contribution >= 4 is 69.4 Å². The molecule has 18 nitrogen and oxygen atoms in total. The minimum absolute atomic E-state index is 0.126. The van der Waals surface area contributed by atoms with Crippen LogP contribution in [0.15, 0.2) is 11.6 Å². The van der Waals surface area contributed by atoms with Crippen molar-refractivity contribution in [2.45, 2.75) is 321 Å². The Morgan fingerprint density at radius 3 is 1.02 bits per heavy atom. The van der Waals surface area contributed by atoms with Crippen LogP contribution < -0.4 is 10.6 Å². The summed E-state index contributed by atoms with van der Waals surface area (Å²) in [5.74, 6) is 11.3. The van der Waals surface area contributed by atoms with E-state index in [9.17, 15) is 43.2 Å². The minimum Gasteiger partial charge on any atom is -0.444 e. The van der Waals surface area contributed by atoms with E-state index >= 15 is 0 Å². The standard InChI is InChI=1S/C15H27NO3.C12H23NO.C11H16N2OS.C11H21NO.3C10H19NO.C9H16O/c1-11-6-8-12(9-7-11)13(17)10-16(5)14(18)19-15(2,3)4;1-9(2)13(4)12(14)11-7-5-10(3)6-8-11;1-8-2-4-9(5-3-8)10(14)13-11-12-6-7-15-11;1-4-12(3)11(13)10-7-5-9(2)6-8-10;2*1-8-4-6-9(7-5-8)10(12)11(2)3;1-8-3-5-9(6-4-8)10(12)7-11-2;1-7-3-5-9(6-4-7)8(2)10/h11-12H,6-10H2,1-5H3;9-11H,5-8H2,1-4H3;6-9H,2-5H2,1H3,(H,12,13,14);9-10H,4-8H2,1-3H3;2*8-9H,4-7H2,1-3H3;8-9,11H,3-7H2,1-2H3;7,9H,3-6H2,1-2H3. The van der Waals surface area contributed by atoms with E-state index in [-0.39, 0.29) is 30.1 Å². The van der Waals surface area contributed by atoms with Gasteiger partial charge in [-0.25, -0.2) is 9.78 Å². The van der Waals surface area contributed by atoms with Crippen molar-refractivity contribution in [3.05, 3.63) is 11.6 Å². The maximum absolute atomic E-state index is 12.1. The lowest BCUT2D eigenvalue weighted by Crippen LogP contribution is -2.39. The fourth-order valence-corrected chi connectivity index (χ4v) is 16.2. The van der Waals surface area contributed by atoms with Crippen molar-refractivity contribution in [2.75, 3.05) is 81.3 Å². The number of amides is 6. The second-order valence-electron chi connectivity index (χ2n) is 36.3. The summed E-state index contributed by atoms with van der Waals surface area (Å²) >= 11 is 1.47. The molecule has 0 radical (unpaired) electrons. The third-order valence-corrected chi connectivity index (χ3v) is 25.0. The van der Waals surface area contributed by atoms with Crippen molar-refractivity contribution in [1.29, 1.82) is 0 Å². The Morgan fingerprint density at radius 2 is 0.738 bits per heavy atom. The largest absolute Gasteiger partial charge is 0.444 e. The molecule has 107 heavy (non-hydrogen) atoms. The summed E-state index contributed by atoms with van der Waals surface area (Å²) in [5, 5.41) is 8.40. The summed E-state index contributed by atoms with van der Waals surface area (Å²) < 4.78 is 5.24. The lowest BCUT2D eigenvalue weighted by molar-refractivity contribution is -0.137. The average Bonchev–Trinajstić information content (AvgIpc) is 1.66. The molecular weight excluding hydrogens is 1360 g/mol. The van der Waals surface area contributed by atoms with Crippen LogP contribution in [0.25, 0.3) is 0 Å². The maximum Gasteiger partial charge on any atom is 0.410 e. The maximum atomic E-state index is 12.1. The number of Topliss-reactive ketones (excluding diaryl/α,β-unsaturated/α-hetero) is 3. The van der Waals surface area contributed by atoms with Gasteiger partial charge >= 0.3 is 6.09 Å². The molecule has 1 heterocycles. The van der Waals surface area contributed by atoms with Crippen LogP contribution in [0.2, 0.25) is 0 Å². The molecule has 0 unspecified atom stereocenters. The van der Waals surface area contributed by atoms with Gasteiger partial charge in [-0.15, -0.1) is 11.3 Å². The first-order valence-corrected chi connectivity index (χ1v) is 43.4. The number of nitrogens with zero attached hydrogens (tertiary/aromatic N) is 6. The number of carbonyl (C=O) groups is 9. The lowest BCUT2D eigenvalue weighted by Gasteiger charge is -2.30. The van der Waals surface area contributed by atoms with Crippen LogP contribution in [0.4, 0.5) is 9.93 Å². The molecule has 1 aromatic heterocycles. The highest BCUT2D eigenvalue weighted by Crippen LogP contribution is 2.36. The van der Waals surface area contributed by atoms with Crippen LogP contribution >= 0.6 is 11.3 Å². The number of ketones is 3. The number of thiazole rings is 1. The third kappa shape index (κ3) is 40.8. The molecular formula is C88H160N8O10S. The van der Waals surface area contributed by atoms with Crippen molar-refractivity contribution in [2.24, 2.45) is 94.7 Å². The summed E-state index contributed by atoms with van der Waals surface area (Å²) in [6, 6.07) is 0.335. The van der Waals surface area contributed by atoms with E-state index in [1.807, 2.05) is 92.2 Å². The number of anilines is 1. The molecule has 618 valence electrons. The monoisotopic (exact) mass is 1520 g/mol. The molecule has 6 amide bonds. The fourth-order valence-electron chi connectivity index (χ4n) is 15.7. The number of carbonyl (C=O) groups excluding carboxylic acids is 9. The number of nitrogens with one attached hydrogen (secondary N) is 2. The van der Waals surface area contributed by atoms with Crippen molar-refractivity contribution in [3.63, 3.8) is 0 Å². The third-order valence-electron chi connectivity index (χ3n) is 24.3. The molecule has 8 fully saturated rings. The molecule has 0 aliphatic heterocycles. The first-order valence-electron chi connectivity index (χ1n) is 42.6. The van der Waals surface area contributed by atoms with E-state index in [2.05, 4.69) is 84.9 Å². The summed E-state index contributed by atoms with van der Waals surface area (Å²) in [7, 11) is 14.7. The van der Waals surface area contributed by atoms with E-state index in [4.69, 9.17) is 4.74 Å². The number of likely N-dealkylation sites (N-methyl/N-ethyl adjacent to an activating group) is 2. The smallest absolute Gasteiger partial charge is 0.410 e. The lowest BCUT2D eigenvalue weighted by atomic mass is 9.81. The molecule has 0 bridgehead atoms. The number of hydrogen-bond donors (Lipinski definition) is 2. The number of rotatable bonds is 15. The number of ether oxygens (including phenoxy) is 1. The fraction of sp³-hybridized carbons (Fsp3) is 0.864. The predicted octanol–water partition coefficient (Wildman–Crippen LogP) is 18.9. The van der Waals surface area contributed by atoms with Gasteiger partial charge in [-0.1, -0.05) is 93.9 Å². The van der Waals surface area contributed by atoms with E-state index in [1.54, 1.807) is 30.0 Å². The van der Waals surface area contributed by atoms with Gasteiger partial charge in [-0.05, 0) is 270 Å². The van der Waals surface area contributed by atoms with Crippen LogP contribution in [0, 0.1) is 94.7 Å². The summed E-state index contributed by atoms with van der Waals surface area (Å²) in [4.78, 5) is 118. The zero-order valence-electron chi connectivity index (χ0n) is 72.4. The van der Waals surface area contributed by atoms with Crippen molar-refractivity contribution < 1.29 is 47.9 Å². The Balaban J connectivity index is 0.000000418. The normalized spacial score (nSPS) is 28.3. The van der Waals surface area contributed by atoms with Gasteiger partial charge in [0.05, 0.1) is 13.1 Å². The van der Waals surface area contributed by atoms with Gasteiger partial charge in [0.1, 0.15) is 17.2 Å². The Hall–Kier alpha value is -4.78. The van der Waals surface area contributed by atoms with Crippen LogP contribution in [0.1, 0.15) is 309 Å². The first kappa shape index (κ1) is 98.3. The van der Waals surface area contributed by atoms with Crippen LogP contribution in [-0.2, 0) is 43.1 Å². The summed E-state index contributed by atoms with van der Waals surface area (Å²) in [6.45, 7) is 33.1. The Morgan fingerprint density at radius 1 is 0.439 bits per heavy atom. The van der Waals surface area contributed by atoms with E-state index < -0.39 is 11.7 Å². The highest BCUT2D eigenvalue weighted by molar-refractivity contribution is 7.13. The van der Waals surface area contributed by atoms with E-state index in [1.165, 1.54) is 106 Å². The van der Waals surface area contributed by atoms with Gasteiger partial charge < -0.3 is 39.9 Å². The molecule has 19 heteroatoms. The van der Waals surface area contributed by atoms with Gasteiger partial charge in [-0.2, -0.15) is 0 Å². The zero-order valence-corrected chi connectivity index (χ0v) is 73.2. The minimum atomic E-state index is -0.519. The van der Waals surface area contributed by atoms with Crippen LogP contribution in [-0.4, -0.2) is 170 Å². The molecule has 8 saturated carbocycles. The molecule has 2 N–H and O–H groups in total. The molecule has 9 rings (SSSR count). The molecule has 0 spiro atoms. The van der Waals surface area contributed by atoms with Gasteiger partial charge in [0.15, 0.2) is 10.9 Å². The highest BCUT2D eigenvalue weighted by atomic mass is 32.1. The van der Waals surface area contributed by atoms with Gasteiger partial charge in [0.2, 0.25) is 29.5 Å². The first-order chi connectivity index (χ1) is 50.3. The molecule has 8 aliphatic rings. The zero-order chi connectivity index (χ0) is 80.7. The molecule has 0 aromatic carbocycles. The van der Waals surface area contributed by atoms with Crippen LogP contribution in [0.3, 0.4) is 0 Å². The van der Waals surface area contributed by atoms with Crippen molar-refractivity contribution in [3.8, 4) is 0 Å². The topological polar surface area (TPSA) is 216 Å². The van der Waals surface area contributed by atoms with E-state index in [0.717, 1.165) is 175 Å². The Bertz CT molecular complexity index is 2620. The molecule has 0 saturated heterocycles. The Labute approximate surface area is 657 Å². The summed E-state index contributed by atoms with van der Waals surface area (Å²) in [5.41, 5.74) is -0.519. The van der Waals surface area contributed by atoms with Gasteiger partial charge in [0, 0.05) is 121 Å². The molecule has 8 aliphatic carbocycles. The number of hydrogen-bond acceptors (Lipinski definition) is 13. The summed E-state index contributed by atoms with van der Waals surface area (Å²) in [6.07, 6.45) is 37.9. The second kappa shape index (κ2) is 52.5. The van der Waals surface area contributed by atoms with Crippen molar-refractivity contribution in [1.82, 2.24) is 34.8 Å². The van der Waals surface area contributed by atoms with Crippen LogP contribution in [0.5, 0.6) is 0 Å². The average molecular weight is 1520 g/mol. The van der Waals surface area contributed by atoms with Gasteiger partial charge in [-0.3, -0.25) is 38.4 Å². The molecule has 0 atom stereocenters. The van der Waals surface area contributed by atoms with Gasteiger partial charge in [0.25, 0.3) is 0 Å².